The number of nitrogens with zero attached hydrogens (tertiary/aromatic N) is 3. The summed E-state index contributed by atoms with van der Waals surface area (Å²) < 4.78 is 0. The first-order valence-electron chi connectivity index (χ1n) is 8.38. The molecule has 0 amide bonds. The topological polar surface area (TPSA) is 67.2 Å². The fraction of sp³-hybridized carbons (Fsp3) is 0.444. The number of nitriles is 1. The molecule has 124 valence electrons. The average Bonchev–Trinajstić information content (AvgIpc) is 3.01. The Morgan fingerprint density at radius 3 is 2.88 bits per heavy atom. The molecule has 2 N–H and O–H groups in total. The fourth-order valence-electron chi connectivity index (χ4n) is 4.18. The van der Waals surface area contributed by atoms with Crippen molar-refractivity contribution >= 4 is 27.8 Å². The molecule has 0 unspecified atom stereocenters. The number of likely N-dealkylation sites (tertiary alicyclic amines) is 1. The van der Waals surface area contributed by atoms with Crippen LogP contribution in [0.15, 0.2) is 29.3 Å². The Morgan fingerprint density at radius 2 is 2.12 bits per heavy atom. The third kappa shape index (κ3) is 2.40. The summed E-state index contributed by atoms with van der Waals surface area (Å²) in [4.78, 5) is 9.89. The largest absolute Gasteiger partial charge is 0.357 e. The van der Waals surface area contributed by atoms with E-state index < -0.39 is 0 Å². The molecule has 0 saturated carbocycles. The highest BCUT2D eigenvalue weighted by molar-refractivity contribution is 8.13. The van der Waals surface area contributed by atoms with Crippen molar-refractivity contribution in [1.29, 1.82) is 5.26 Å². The second kappa shape index (κ2) is 6.15. The van der Waals surface area contributed by atoms with Gasteiger partial charge in [-0.05, 0) is 37.1 Å². The Morgan fingerprint density at radius 1 is 1.33 bits per heavy atom. The van der Waals surface area contributed by atoms with E-state index in [-0.39, 0.29) is 5.54 Å². The molecule has 1 spiro atoms. The lowest BCUT2D eigenvalue weighted by Gasteiger charge is -2.45. The predicted octanol–water partition coefficient (Wildman–Crippen LogP) is 2.80. The van der Waals surface area contributed by atoms with Gasteiger partial charge in [0, 0.05) is 36.2 Å². The van der Waals surface area contributed by atoms with Crippen molar-refractivity contribution < 1.29 is 0 Å². The molecule has 0 bridgehead atoms. The van der Waals surface area contributed by atoms with Gasteiger partial charge in [0.15, 0.2) is 5.17 Å². The zero-order chi connectivity index (χ0) is 16.6. The Kier molecular flexibility index (Phi) is 3.99. The molecule has 2 aromatic rings. The maximum Gasteiger partial charge on any atom is 0.208 e. The third-order valence-electron chi connectivity index (χ3n) is 5.35. The highest BCUT2D eigenvalue weighted by Crippen LogP contribution is 2.40. The molecule has 2 aliphatic heterocycles. The maximum absolute atomic E-state index is 8.86. The summed E-state index contributed by atoms with van der Waals surface area (Å²) in [6, 6.07) is 8.61. The highest BCUT2D eigenvalue weighted by atomic mass is 32.2. The van der Waals surface area contributed by atoms with Crippen LogP contribution in [0.2, 0.25) is 0 Å². The van der Waals surface area contributed by atoms with Crippen molar-refractivity contribution in [3.8, 4) is 6.19 Å². The van der Waals surface area contributed by atoms with Crippen LogP contribution < -0.4 is 5.32 Å². The van der Waals surface area contributed by atoms with Crippen molar-refractivity contribution in [3.05, 3.63) is 35.5 Å². The Balaban J connectivity index is 1.65. The number of aliphatic imine (C=N–C) groups is 1. The van der Waals surface area contributed by atoms with E-state index in [2.05, 4.69) is 44.5 Å². The number of para-hydroxylation sites is 1. The number of benzene rings is 1. The maximum atomic E-state index is 8.86. The minimum absolute atomic E-state index is 0.0270. The van der Waals surface area contributed by atoms with Gasteiger partial charge in [0.25, 0.3) is 0 Å². The summed E-state index contributed by atoms with van der Waals surface area (Å²) in [5.41, 5.74) is 4.12. The van der Waals surface area contributed by atoms with Crippen LogP contribution in [0.3, 0.4) is 0 Å². The lowest BCUT2D eigenvalue weighted by Crippen LogP contribution is -2.54. The second-order valence-electron chi connectivity index (χ2n) is 6.47. The number of H-pyrrole nitrogens is 1. The predicted molar refractivity (Wildman–Crippen MR) is 99.1 cm³/mol. The Hall–Kier alpha value is -1.97. The summed E-state index contributed by atoms with van der Waals surface area (Å²) in [6.07, 6.45) is 7.04. The molecule has 0 radical (unpaired) electrons. The summed E-state index contributed by atoms with van der Waals surface area (Å²) in [5.74, 6) is 0. The van der Waals surface area contributed by atoms with Gasteiger partial charge in [0.2, 0.25) is 6.19 Å². The van der Waals surface area contributed by atoms with E-state index in [0.717, 1.165) is 44.1 Å². The standard InChI is InChI=1S/C18H21N5S/c1-24-17(20-12-19)23-10-7-18(8-11-23)16-14(6-9-21-18)13-4-2-3-5-15(13)22-16/h2-5,21-22H,6-11H2,1H3. The van der Waals surface area contributed by atoms with Gasteiger partial charge < -0.3 is 15.2 Å². The fourth-order valence-corrected chi connectivity index (χ4v) is 4.75. The van der Waals surface area contributed by atoms with E-state index in [0.29, 0.717) is 0 Å². The molecule has 1 saturated heterocycles. The Bertz CT molecular complexity index is 824. The molecule has 1 aromatic heterocycles. The summed E-state index contributed by atoms with van der Waals surface area (Å²) in [7, 11) is 0. The van der Waals surface area contributed by atoms with Crippen LogP contribution in [0.4, 0.5) is 0 Å². The van der Waals surface area contributed by atoms with Crippen LogP contribution >= 0.6 is 11.8 Å². The number of thioether (sulfide) groups is 1. The highest BCUT2D eigenvalue weighted by Gasteiger charge is 2.41. The zero-order valence-electron chi connectivity index (χ0n) is 13.8. The van der Waals surface area contributed by atoms with Crippen molar-refractivity contribution in [3.63, 3.8) is 0 Å². The van der Waals surface area contributed by atoms with Gasteiger partial charge in [-0.25, -0.2) is 0 Å². The molecule has 2 aliphatic rings. The third-order valence-corrected chi connectivity index (χ3v) is 6.06. The quantitative estimate of drug-likeness (QED) is 0.440. The first-order chi connectivity index (χ1) is 11.8. The van der Waals surface area contributed by atoms with Gasteiger partial charge in [-0.1, -0.05) is 30.0 Å². The number of nitrogens with one attached hydrogen (secondary N) is 2. The molecule has 3 heterocycles. The number of rotatable bonds is 0. The molecule has 5 nitrogen and oxygen atoms in total. The minimum atomic E-state index is 0.0270. The van der Waals surface area contributed by atoms with Gasteiger partial charge in [-0.2, -0.15) is 5.26 Å². The van der Waals surface area contributed by atoms with Gasteiger partial charge in [-0.3, -0.25) is 0 Å². The first-order valence-corrected chi connectivity index (χ1v) is 9.61. The number of aromatic amines is 1. The van der Waals surface area contributed by atoms with E-state index in [1.807, 2.05) is 12.4 Å². The number of fused-ring (bicyclic) bond motifs is 4. The van der Waals surface area contributed by atoms with Crippen LogP contribution in [0.5, 0.6) is 0 Å². The van der Waals surface area contributed by atoms with E-state index >= 15 is 0 Å². The molecular formula is C18H21N5S. The first kappa shape index (κ1) is 15.6. The normalized spacial score (nSPS) is 20.2. The van der Waals surface area contributed by atoms with Gasteiger partial charge in [0.1, 0.15) is 0 Å². The van der Waals surface area contributed by atoms with Crippen molar-refractivity contribution in [2.45, 2.75) is 24.8 Å². The molecule has 0 aliphatic carbocycles. The second-order valence-corrected chi connectivity index (χ2v) is 7.24. The van der Waals surface area contributed by atoms with Gasteiger partial charge in [0.05, 0.1) is 5.54 Å². The van der Waals surface area contributed by atoms with Gasteiger partial charge in [-0.15, -0.1) is 4.99 Å². The van der Waals surface area contributed by atoms with Crippen molar-refractivity contribution in [2.24, 2.45) is 4.99 Å². The lowest BCUT2D eigenvalue weighted by molar-refractivity contribution is 0.176. The van der Waals surface area contributed by atoms with Crippen molar-refractivity contribution in [1.82, 2.24) is 15.2 Å². The molecule has 4 rings (SSSR count). The number of hydrogen-bond acceptors (Lipinski definition) is 4. The monoisotopic (exact) mass is 339 g/mol. The molecule has 0 atom stereocenters. The smallest absolute Gasteiger partial charge is 0.208 e. The molecule has 1 fully saturated rings. The Labute approximate surface area is 146 Å². The van der Waals surface area contributed by atoms with E-state index in [4.69, 9.17) is 5.26 Å². The molecule has 1 aromatic carbocycles. The van der Waals surface area contributed by atoms with Crippen LogP contribution in [0, 0.1) is 11.5 Å². The average molecular weight is 339 g/mol. The van der Waals surface area contributed by atoms with E-state index in [1.165, 1.54) is 22.2 Å². The SMILES string of the molecule is CSC(=NC#N)N1CCC2(CC1)NCCc1c2[nH]c2ccccc12. The minimum Gasteiger partial charge on any atom is -0.357 e. The summed E-state index contributed by atoms with van der Waals surface area (Å²) >= 11 is 1.55. The number of aromatic nitrogens is 1. The van der Waals surface area contributed by atoms with E-state index in [1.54, 1.807) is 11.8 Å². The molecular weight excluding hydrogens is 318 g/mol. The number of hydrogen-bond donors (Lipinski definition) is 2. The number of piperidine rings is 1. The molecule has 24 heavy (non-hydrogen) atoms. The number of amidine groups is 1. The lowest BCUT2D eigenvalue weighted by atomic mass is 9.79. The van der Waals surface area contributed by atoms with Crippen LogP contribution in [0.1, 0.15) is 24.1 Å². The summed E-state index contributed by atoms with van der Waals surface area (Å²) in [6.45, 7) is 2.86. The zero-order valence-corrected chi connectivity index (χ0v) is 14.6. The van der Waals surface area contributed by atoms with Crippen LogP contribution in [-0.2, 0) is 12.0 Å². The van der Waals surface area contributed by atoms with Gasteiger partial charge >= 0.3 is 0 Å². The van der Waals surface area contributed by atoms with Crippen molar-refractivity contribution in [2.75, 3.05) is 25.9 Å². The van der Waals surface area contributed by atoms with Crippen LogP contribution in [0.25, 0.3) is 10.9 Å². The van der Waals surface area contributed by atoms with Crippen LogP contribution in [-0.4, -0.2) is 40.9 Å². The van der Waals surface area contributed by atoms with E-state index in [9.17, 15) is 0 Å². The summed E-state index contributed by atoms with van der Waals surface area (Å²) in [5, 5.41) is 14.8. The molecule has 6 heteroatoms.